The zero-order valence-corrected chi connectivity index (χ0v) is 14.8. The van der Waals surface area contributed by atoms with Gasteiger partial charge in [0.1, 0.15) is 0 Å². The number of carbonyl (C=O) groups excluding carboxylic acids is 1. The van der Waals surface area contributed by atoms with Crippen molar-refractivity contribution in [2.24, 2.45) is 11.7 Å². The van der Waals surface area contributed by atoms with Crippen LogP contribution in [0.2, 0.25) is 0 Å². The lowest BCUT2D eigenvalue weighted by Crippen LogP contribution is -2.56. The number of rotatable bonds is 6. The summed E-state index contributed by atoms with van der Waals surface area (Å²) in [4.78, 5) is 13.4. The van der Waals surface area contributed by atoms with Crippen LogP contribution < -0.4 is 11.1 Å². The zero-order chi connectivity index (χ0) is 15.3. The lowest BCUT2D eigenvalue weighted by atomic mass is 9.88. The molecule has 0 aromatic heterocycles. The van der Waals surface area contributed by atoms with Gasteiger partial charge in [-0.2, -0.15) is 0 Å². The predicted octanol–water partition coefficient (Wildman–Crippen LogP) is 3.42. The van der Waals surface area contributed by atoms with Crippen molar-refractivity contribution in [1.82, 2.24) is 5.32 Å². The number of hydrogen-bond acceptors (Lipinski definition) is 3. The van der Waals surface area contributed by atoms with Gasteiger partial charge in [-0.25, -0.2) is 0 Å². The lowest BCUT2D eigenvalue weighted by molar-refractivity contribution is -0.122. The molecule has 0 saturated carbocycles. The number of thioether (sulfide) groups is 1. The van der Waals surface area contributed by atoms with E-state index in [0.717, 1.165) is 9.37 Å². The van der Waals surface area contributed by atoms with Gasteiger partial charge in [-0.1, -0.05) is 29.8 Å². The van der Waals surface area contributed by atoms with Crippen LogP contribution in [0.1, 0.15) is 27.7 Å². The van der Waals surface area contributed by atoms with Crippen molar-refractivity contribution in [2.75, 3.05) is 6.54 Å². The number of amides is 1. The summed E-state index contributed by atoms with van der Waals surface area (Å²) in [5.41, 5.74) is 5.44. The molecule has 0 radical (unpaired) electrons. The molecule has 0 fully saturated rings. The van der Waals surface area contributed by atoms with Crippen molar-refractivity contribution < 1.29 is 4.79 Å². The minimum atomic E-state index is -0.356. The van der Waals surface area contributed by atoms with E-state index in [9.17, 15) is 4.79 Å². The molecule has 0 spiro atoms. The summed E-state index contributed by atoms with van der Waals surface area (Å²) in [6, 6.07) is 7.96. The number of nitrogens with one attached hydrogen (secondary N) is 1. The Balaban J connectivity index is 2.65. The fourth-order valence-corrected chi connectivity index (χ4v) is 2.72. The molecule has 0 heterocycles. The fourth-order valence-electron chi connectivity index (χ4n) is 1.58. The third-order valence-electron chi connectivity index (χ3n) is 3.60. The van der Waals surface area contributed by atoms with Crippen molar-refractivity contribution in [3.05, 3.63) is 28.7 Å². The molecule has 1 rings (SSSR count). The average molecular weight is 359 g/mol. The molecule has 0 bridgehead atoms. The van der Waals surface area contributed by atoms with Gasteiger partial charge in [-0.3, -0.25) is 4.79 Å². The summed E-state index contributed by atoms with van der Waals surface area (Å²) in [6.07, 6.45) is 0. The highest BCUT2D eigenvalue weighted by atomic mass is 79.9. The van der Waals surface area contributed by atoms with Crippen LogP contribution in [-0.2, 0) is 4.79 Å². The molecule has 0 aliphatic heterocycles. The molecule has 3 nitrogen and oxygen atoms in total. The van der Waals surface area contributed by atoms with E-state index in [2.05, 4.69) is 35.1 Å². The number of benzene rings is 1. The summed E-state index contributed by atoms with van der Waals surface area (Å²) < 4.78 is 1.04. The Labute approximate surface area is 134 Å². The molecule has 0 aliphatic rings. The Morgan fingerprint density at radius 2 is 1.90 bits per heavy atom. The zero-order valence-electron chi connectivity index (χ0n) is 12.4. The second-order valence-electron chi connectivity index (χ2n) is 5.48. The van der Waals surface area contributed by atoms with E-state index in [4.69, 9.17) is 5.73 Å². The summed E-state index contributed by atoms with van der Waals surface area (Å²) in [7, 11) is 0. The molecular formula is C15H23BrN2OS. The summed E-state index contributed by atoms with van der Waals surface area (Å²) in [5, 5.41) is 2.93. The van der Waals surface area contributed by atoms with E-state index in [0.29, 0.717) is 12.5 Å². The SMILES string of the molecule is CC(Sc1ccc(Br)cc1)C(=O)NC(C)(CN)C(C)C. The van der Waals surface area contributed by atoms with Crippen molar-refractivity contribution in [1.29, 1.82) is 0 Å². The monoisotopic (exact) mass is 358 g/mol. The first-order valence-corrected chi connectivity index (χ1v) is 8.40. The molecule has 2 atom stereocenters. The Bertz CT molecular complexity index is 450. The molecule has 0 aliphatic carbocycles. The molecule has 2 unspecified atom stereocenters. The molecule has 1 amide bonds. The largest absolute Gasteiger partial charge is 0.348 e. The van der Waals surface area contributed by atoms with Gasteiger partial charge in [0.05, 0.1) is 10.8 Å². The Hall–Kier alpha value is -0.520. The molecule has 1 aromatic carbocycles. The van der Waals surface area contributed by atoms with E-state index in [1.807, 2.05) is 38.1 Å². The number of carbonyl (C=O) groups is 1. The Kier molecular flexibility index (Phi) is 6.55. The number of halogens is 1. The average Bonchev–Trinajstić information content (AvgIpc) is 2.40. The van der Waals surface area contributed by atoms with Crippen LogP contribution in [0.25, 0.3) is 0 Å². The third-order valence-corrected chi connectivity index (χ3v) is 5.24. The molecule has 0 saturated heterocycles. The topological polar surface area (TPSA) is 55.1 Å². The standard InChI is InChI=1S/C15H23BrN2OS/c1-10(2)15(4,9-17)18-14(19)11(3)20-13-7-5-12(16)6-8-13/h5-8,10-11H,9,17H2,1-4H3,(H,18,19). The minimum Gasteiger partial charge on any atom is -0.348 e. The van der Waals surface area contributed by atoms with Crippen molar-refractivity contribution in [2.45, 2.75) is 43.4 Å². The van der Waals surface area contributed by atoms with Crippen LogP contribution in [0, 0.1) is 5.92 Å². The van der Waals surface area contributed by atoms with Crippen LogP contribution in [0.4, 0.5) is 0 Å². The first-order valence-electron chi connectivity index (χ1n) is 6.73. The van der Waals surface area contributed by atoms with Gasteiger partial charge in [-0.15, -0.1) is 11.8 Å². The highest BCUT2D eigenvalue weighted by Gasteiger charge is 2.30. The van der Waals surface area contributed by atoms with E-state index < -0.39 is 0 Å². The maximum Gasteiger partial charge on any atom is 0.233 e. The first-order chi connectivity index (χ1) is 9.28. The highest BCUT2D eigenvalue weighted by molar-refractivity contribution is 9.10. The fraction of sp³-hybridized carbons (Fsp3) is 0.533. The van der Waals surface area contributed by atoms with Gasteiger partial charge in [0, 0.05) is 15.9 Å². The lowest BCUT2D eigenvalue weighted by Gasteiger charge is -2.34. The second kappa shape index (κ2) is 7.48. The van der Waals surface area contributed by atoms with Crippen molar-refractivity contribution in [3.8, 4) is 0 Å². The van der Waals surface area contributed by atoms with Crippen molar-refractivity contribution in [3.63, 3.8) is 0 Å². The first kappa shape index (κ1) is 17.5. The van der Waals surface area contributed by atoms with E-state index in [1.54, 1.807) is 11.8 Å². The highest BCUT2D eigenvalue weighted by Crippen LogP contribution is 2.26. The number of nitrogens with two attached hydrogens (primary N) is 1. The second-order valence-corrected chi connectivity index (χ2v) is 7.81. The van der Waals surface area contributed by atoms with Crippen molar-refractivity contribution >= 4 is 33.6 Å². The van der Waals surface area contributed by atoms with Gasteiger partial charge < -0.3 is 11.1 Å². The van der Waals surface area contributed by atoms with E-state index in [-0.39, 0.29) is 16.7 Å². The Morgan fingerprint density at radius 1 is 1.35 bits per heavy atom. The van der Waals surface area contributed by atoms with Gasteiger partial charge in [-0.05, 0) is 44.0 Å². The van der Waals surface area contributed by atoms with E-state index >= 15 is 0 Å². The summed E-state index contributed by atoms with van der Waals surface area (Å²) in [6.45, 7) is 8.48. The van der Waals surface area contributed by atoms with Crippen LogP contribution in [0.5, 0.6) is 0 Å². The van der Waals surface area contributed by atoms with Crippen LogP contribution in [-0.4, -0.2) is 23.2 Å². The third kappa shape index (κ3) is 4.79. The van der Waals surface area contributed by atoms with Gasteiger partial charge in [0.2, 0.25) is 5.91 Å². The molecule has 112 valence electrons. The summed E-state index contributed by atoms with van der Waals surface area (Å²) >= 11 is 4.95. The maximum absolute atomic E-state index is 12.3. The number of hydrogen-bond donors (Lipinski definition) is 2. The smallest absolute Gasteiger partial charge is 0.233 e. The van der Waals surface area contributed by atoms with Gasteiger partial charge >= 0.3 is 0 Å². The van der Waals surface area contributed by atoms with Crippen LogP contribution in [0.3, 0.4) is 0 Å². The quantitative estimate of drug-likeness (QED) is 0.766. The molecular weight excluding hydrogens is 336 g/mol. The molecule has 5 heteroatoms. The van der Waals surface area contributed by atoms with Crippen LogP contribution in [0.15, 0.2) is 33.6 Å². The summed E-state index contributed by atoms with van der Waals surface area (Å²) in [5.74, 6) is 0.320. The van der Waals surface area contributed by atoms with E-state index in [1.165, 1.54) is 0 Å². The predicted molar refractivity (Wildman–Crippen MR) is 89.9 cm³/mol. The molecule has 3 N–H and O–H groups in total. The minimum absolute atomic E-state index is 0.0274. The van der Waals surface area contributed by atoms with Crippen LogP contribution >= 0.6 is 27.7 Å². The van der Waals surface area contributed by atoms with Gasteiger partial charge in [0.15, 0.2) is 0 Å². The Morgan fingerprint density at radius 3 is 2.35 bits per heavy atom. The van der Waals surface area contributed by atoms with Gasteiger partial charge in [0.25, 0.3) is 0 Å². The normalized spacial score (nSPS) is 15.8. The molecule has 20 heavy (non-hydrogen) atoms. The maximum atomic E-state index is 12.3. The molecule has 1 aromatic rings.